The summed E-state index contributed by atoms with van der Waals surface area (Å²) in [4.78, 5) is 4.71. The number of fused-ring (bicyclic) bond motifs is 1. The summed E-state index contributed by atoms with van der Waals surface area (Å²) in [5, 5.41) is 15.0. The lowest BCUT2D eigenvalue weighted by Gasteiger charge is -2.42. The number of hydrogen-bond acceptors (Lipinski definition) is 3. The summed E-state index contributed by atoms with van der Waals surface area (Å²) < 4.78 is 7.61. The number of rotatable bonds is 8. The summed E-state index contributed by atoms with van der Waals surface area (Å²) in [6, 6.07) is 43.6. The van der Waals surface area contributed by atoms with Crippen LogP contribution in [0.5, 0.6) is 5.75 Å². The monoisotopic (exact) mass is 538 g/mol. The van der Waals surface area contributed by atoms with E-state index < -0.39 is 11.1 Å². The molecule has 4 heteroatoms. The van der Waals surface area contributed by atoms with Gasteiger partial charge in [-0.15, -0.1) is 0 Å². The second-order valence-corrected chi connectivity index (χ2v) is 10.8. The molecule has 41 heavy (non-hydrogen) atoms. The third-order valence-electron chi connectivity index (χ3n) is 8.29. The largest absolute Gasteiger partial charge is 0.497 e. The maximum Gasteiger partial charge on any atom is 0.133 e. The summed E-state index contributed by atoms with van der Waals surface area (Å²) in [5.41, 5.74) is 2.64. The SMILES string of the molecule is COc1ccc2cc(C(O)(c3cncn3C(c3ccccc3)(c3ccccc3)c3ccccc3)C(C)C)ccc2c1. The predicted molar refractivity (Wildman–Crippen MR) is 165 cm³/mol. The van der Waals surface area contributed by atoms with E-state index in [1.54, 1.807) is 7.11 Å². The fraction of sp³-hybridized carbons (Fsp3) is 0.162. The van der Waals surface area contributed by atoms with Gasteiger partial charge in [0.2, 0.25) is 0 Å². The maximum absolute atomic E-state index is 12.9. The molecule has 1 N–H and O–H groups in total. The maximum atomic E-state index is 12.9. The summed E-state index contributed by atoms with van der Waals surface area (Å²) in [6.45, 7) is 4.12. The minimum atomic E-state index is -1.34. The first-order chi connectivity index (χ1) is 20.0. The van der Waals surface area contributed by atoms with Crippen molar-refractivity contribution in [2.24, 2.45) is 5.92 Å². The zero-order valence-electron chi connectivity index (χ0n) is 23.6. The summed E-state index contributed by atoms with van der Waals surface area (Å²) in [5.74, 6) is 0.648. The molecular formula is C37H34N2O2. The van der Waals surface area contributed by atoms with E-state index in [4.69, 9.17) is 9.72 Å². The zero-order valence-corrected chi connectivity index (χ0v) is 23.6. The van der Waals surface area contributed by atoms with Crippen LogP contribution in [-0.2, 0) is 11.1 Å². The highest BCUT2D eigenvalue weighted by atomic mass is 16.5. The van der Waals surface area contributed by atoms with E-state index in [0.717, 1.165) is 44.5 Å². The van der Waals surface area contributed by atoms with Crippen LogP contribution in [0.4, 0.5) is 0 Å². The first-order valence-corrected chi connectivity index (χ1v) is 14.0. The van der Waals surface area contributed by atoms with Gasteiger partial charge >= 0.3 is 0 Å². The molecule has 204 valence electrons. The highest BCUT2D eigenvalue weighted by Crippen LogP contribution is 2.46. The second-order valence-electron chi connectivity index (χ2n) is 10.8. The number of hydrogen-bond donors (Lipinski definition) is 1. The van der Waals surface area contributed by atoms with Crippen molar-refractivity contribution >= 4 is 10.8 Å². The van der Waals surface area contributed by atoms with Crippen LogP contribution in [0, 0.1) is 5.92 Å². The van der Waals surface area contributed by atoms with Crippen molar-refractivity contribution in [3.63, 3.8) is 0 Å². The van der Waals surface area contributed by atoms with Gasteiger partial charge in [0.1, 0.15) is 16.9 Å². The van der Waals surface area contributed by atoms with E-state index in [1.165, 1.54) is 0 Å². The molecule has 0 aliphatic carbocycles. The van der Waals surface area contributed by atoms with E-state index in [1.807, 2.05) is 55.0 Å². The fourth-order valence-electron chi connectivity index (χ4n) is 6.16. The van der Waals surface area contributed by atoms with Gasteiger partial charge in [-0.05, 0) is 57.1 Å². The van der Waals surface area contributed by atoms with Crippen molar-refractivity contribution in [2.75, 3.05) is 7.11 Å². The molecule has 5 aromatic carbocycles. The highest BCUT2D eigenvalue weighted by molar-refractivity contribution is 5.85. The Bertz CT molecular complexity index is 1660. The molecular weight excluding hydrogens is 504 g/mol. The van der Waals surface area contributed by atoms with Crippen LogP contribution in [0.2, 0.25) is 0 Å². The van der Waals surface area contributed by atoms with Crippen molar-refractivity contribution in [2.45, 2.75) is 25.0 Å². The Kier molecular flexibility index (Phi) is 6.94. The Morgan fingerprint density at radius 2 is 1.17 bits per heavy atom. The molecule has 1 unspecified atom stereocenters. The zero-order chi connectivity index (χ0) is 28.5. The van der Waals surface area contributed by atoms with Crippen LogP contribution in [0.1, 0.15) is 41.8 Å². The number of methoxy groups -OCH3 is 1. The van der Waals surface area contributed by atoms with Gasteiger partial charge < -0.3 is 14.4 Å². The topological polar surface area (TPSA) is 47.3 Å². The van der Waals surface area contributed by atoms with Crippen LogP contribution in [0.3, 0.4) is 0 Å². The average molecular weight is 539 g/mol. The molecule has 0 saturated heterocycles. The lowest BCUT2D eigenvalue weighted by Crippen LogP contribution is -2.44. The molecule has 1 atom stereocenters. The van der Waals surface area contributed by atoms with Crippen LogP contribution in [0.15, 0.2) is 140 Å². The van der Waals surface area contributed by atoms with E-state index in [-0.39, 0.29) is 5.92 Å². The van der Waals surface area contributed by atoms with Gasteiger partial charge in [0.05, 0.1) is 25.3 Å². The molecule has 6 rings (SSSR count). The van der Waals surface area contributed by atoms with Crippen molar-refractivity contribution in [1.29, 1.82) is 0 Å². The van der Waals surface area contributed by atoms with Gasteiger partial charge in [-0.1, -0.05) is 123 Å². The van der Waals surface area contributed by atoms with Crippen molar-refractivity contribution in [3.8, 4) is 5.75 Å². The molecule has 0 spiro atoms. The quantitative estimate of drug-likeness (QED) is 0.201. The number of aromatic nitrogens is 2. The third kappa shape index (κ3) is 4.32. The Morgan fingerprint density at radius 3 is 1.68 bits per heavy atom. The summed E-state index contributed by atoms with van der Waals surface area (Å²) >= 11 is 0. The first kappa shape index (κ1) is 26.5. The second kappa shape index (κ2) is 10.7. The number of imidazole rings is 1. The normalized spacial score (nSPS) is 13.3. The molecule has 1 aromatic heterocycles. The van der Waals surface area contributed by atoms with Crippen LogP contribution < -0.4 is 4.74 Å². The van der Waals surface area contributed by atoms with Gasteiger partial charge in [0.25, 0.3) is 0 Å². The first-order valence-electron chi connectivity index (χ1n) is 14.0. The predicted octanol–water partition coefficient (Wildman–Crippen LogP) is 7.78. The van der Waals surface area contributed by atoms with Crippen LogP contribution in [0.25, 0.3) is 10.8 Å². The molecule has 0 bridgehead atoms. The Balaban J connectivity index is 1.66. The molecule has 0 aliphatic rings. The number of aliphatic hydroxyl groups is 1. The molecule has 0 saturated carbocycles. The van der Waals surface area contributed by atoms with Crippen molar-refractivity contribution in [3.05, 3.63) is 168 Å². The van der Waals surface area contributed by atoms with Crippen LogP contribution in [-0.4, -0.2) is 21.8 Å². The lowest BCUT2D eigenvalue weighted by molar-refractivity contribution is 0.0224. The van der Waals surface area contributed by atoms with E-state index in [2.05, 4.69) is 103 Å². The molecule has 4 nitrogen and oxygen atoms in total. The molecule has 1 heterocycles. The minimum absolute atomic E-state index is 0.159. The molecule has 6 aromatic rings. The number of ether oxygens (including phenoxy) is 1. The van der Waals surface area contributed by atoms with E-state index >= 15 is 0 Å². The Labute approximate surface area is 241 Å². The van der Waals surface area contributed by atoms with Crippen molar-refractivity contribution in [1.82, 2.24) is 9.55 Å². The van der Waals surface area contributed by atoms with Gasteiger partial charge in [0, 0.05) is 0 Å². The van der Waals surface area contributed by atoms with Crippen LogP contribution >= 0.6 is 0 Å². The van der Waals surface area contributed by atoms with Gasteiger partial charge in [-0.25, -0.2) is 4.98 Å². The number of nitrogens with zero attached hydrogens (tertiary/aromatic N) is 2. The molecule has 0 radical (unpaired) electrons. The minimum Gasteiger partial charge on any atom is -0.497 e. The Hall–Kier alpha value is -4.67. The highest BCUT2D eigenvalue weighted by Gasteiger charge is 2.45. The lowest BCUT2D eigenvalue weighted by atomic mass is 9.74. The fourth-order valence-corrected chi connectivity index (χ4v) is 6.16. The van der Waals surface area contributed by atoms with Gasteiger partial charge in [-0.2, -0.15) is 0 Å². The van der Waals surface area contributed by atoms with E-state index in [9.17, 15) is 5.11 Å². The van der Waals surface area contributed by atoms with Gasteiger partial charge in [0.15, 0.2) is 0 Å². The molecule has 0 aliphatic heterocycles. The summed E-state index contributed by atoms with van der Waals surface area (Å²) in [7, 11) is 1.67. The smallest absolute Gasteiger partial charge is 0.133 e. The average Bonchev–Trinajstić information content (AvgIpc) is 3.53. The Morgan fingerprint density at radius 1 is 0.659 bits per heavy atom. The molecule has 0 amide bonds. The van der Waals surface area contributed by atoms with E-state index in [0.29, 0.717) is 0 Å². The van der Waals surface area contributed by atoms with Gasteiger partial charge in [-0.3, -0.25) is 0 Å². The summed E-state index contributed by atoms with van der Waals surface area (Å²) in [6.07, 6.45) is 3.68. The van der Waals surface area contributed by atoms with Crippen molar-refractivity contribution < 1.29 is 9.84 Å². The number of benzene rings is 5. The standard InChI is InChI=1S/C37H34N2O2/c1-27(2)37(40,33-21-19-29-24-34(41-3)22-20-28(29)23-33)35-25-38-26-39(35)36(30-13-7-4-8-14-30,31-15-9-5-10-16-31)32-17-11-6-12-18-32/h4-27,40H,1-3H3. The molecule has 0 fully saturated rings. The third-order valence-corrected chi connectivity index (χ3v) is 8.29.